The Labute approximate surface area is 201 Å². The molecule has 0 aliphatic carbocycles. The number of aromatic nitrogens is 2. The molecule has 0 atom stereocenters. The first-order valence-corrected chi connectivity index (χ1v) is 11.8. The molecular weight excluding hydrogens is 456 g/mol. The molecule has 0 aliphatic heterocycles. The zero-order chi connectivity index (χ0) is 23.7. The molecule has 0 aliphatic rings. The molecule has 2 aromatic heterocycles. The summed E-state index contributed by atoms with van der Waals surface area (Å²) in [5.41, 5.74) is 5.65. The van der Waals surface area contributed by atoms with Gasteiger partial charge >= 0.3 is 0 Å². The molecule has 2 heterocycles. The van der Waals surface area contributed by atoms with E-state index in [2.05, 4.69) is 27.4 Å². The van der Waals surface area contributed by atoms with Gasteiger partial charge in [-0.1, -0.05) is 41.4 Å². The maximum atomic E-state index is 12.9. The van der Waals surface area contributed by atoms with Gasteiger partial charge in [0.15, 0.2) is 0 Å². The van der Waals surface area contributed by atoms with Gasteiger partial charge in [-0.05, 0) is 56.6 Å². The molecule has 0 saturated heterocycles. The number of aromatic amines is 1. The highest BCUT2D eigenvalue weighted by atomic mass is 35.5. The topological polar surface area (TPSA) is 78.1 Å². The number of halogens is 1. The number of anilines is 1. The summed E-state index contributed by atoms with van der Waals surface area (Å²) >= 11 is 7.41. The van der Waals surface area contributed by atoms with Crippen molar-refractivity contribution in [1.29, 1.82) is 0 Å². The number of benzene rings is 2. The van der Waals surface area contributed by atoms with Crippen LogP contribution in [-0.2, 0) is 11.3 Å². The SMILES string of the molecule is Cc1cc(C)c(NC(=O)CN(C)Cc2nc3scc(-c4ccc(Cl)cc4)c3c(=O)[nH]2)c(C)c1. The van der Waals surface area contributed by atoms with E-state index in [1.54, 1.807) is 12.1 Å². The summed E-state index contributed by atoms with van der Waals surface area (Å²) < 4.78 is 0. The summed E-state index contributed by atoms with van der Waals surface area (Å²) in [5.74, 6) is 0.409. The highest BCUT2D eigenvalue weighted by molar-refractivity contribution is 7.17. The maximum absolute atomic E-state index is 12.9. The standard InChI is InChI=1S/C25H25ClN4O2S/c1-14-9-15(2)23(16(3)10-14)29-21(31)12-30(4)11-20-27-24(32)22-19(13-33-25(22)28-20)17-5-7-18(26)8-6-17/h5-10,13H,11-12H2,1-4H3,(H,29,31)(H,27,28,32). The molecule has 33 heavy (non-hydrogen) atoms. The zero-order valence-corrected chi connectivity index (χ0v) is 20.5. The number of thiophene rings is 1. The Morgan fingerprint density at radius 3 is 2.48 bits per heavy atom. The minimum Gasteiger partial charge on any atom is -0.324 e. The van der Waals surface area contributed by atoms with Crippen LogP contribution >= 0.6 is 22.9 Å². The monoisotopic (exact) mass is 480 g/mol. The number of carbonyl (C=O) groups is 1. The summed E-state index contributed by atoms with van der Waals surface area (Å²) in [6.07, 6.45) is 0. The summed E-state index contributed by atoms with van der Waals surface area (Å²) in [6, 6.07) is 11.5. The van der Waals surface area contributed by atoms with Crippen LogP contribution in [0, 0.1) is 20.8 Å². The molecule has 0 saturated carbocycles. The molecule has 8 heteroatoms. The highest BCUT2D eigenvalue weighted by Gasteiger charge is 2.15. The first-order chi connectivity index (χ1) is 15.7. The number of H-pyrrole nitrogens is 1. The molecule has 170 valence electrons. The number of hydrogen-bond donors (Lipinski definition) is 2. The highest BCUT2D eigenvalue weighted by Crippen LogP contribution is 2.31. The van der Waals surface area contributed by atoms with Crippen molar-refractivity contribution in [2.24, 2.45) is 0 Å². The minimum atomic E-state index is -0.190. The number of likely N-dealkylation sites (N-methyl/N-ethyl adjacent to an activating group) is 1. The van der Waals surface area contributed by atoms with E-state index >= 15 is 0 Å². The molecule has 1 amide bonds. The van der Waals surface area contributed by atoms with E-state index in [0.717, 1.165) is 27.9 Å². The van der Waals surface area contributed by atoms with Gasteiger partial charge in [-0.3, -0.25) is 14.5 Å². The van der Waals surface area contributed by atoms with E-state index < -0.39 is 0 Å². The van der Waals surface area contributed by atoms with Crippen LogP contribution in [0.25, 0.3) is 21.3 Å². The lowest BCUT2D eigenvalue weighted by Crippen LogP contribution is -2.31. The van der Waals surface area contributed by atoms with Gasteiger partial charge in [-0.25, -0.2) is 4.98 Å². The van der Waals surface area contributed by atoms with E-state index in [9.17, 15) is 9.59 Å². The Morgan fingerprint density at radius 2 is 1.82 bits per heavy atom. The van der Waals surface area contributed by atoms with E-state index in [1.165, 1.54) is 16.9 Å². The van der Waals surface area contributed by atoms with Crippen molar-refractivity contribution in [1.82, 2.24) is 14.9 Å². The lowest BCUT2D eigenvalue weighted by molar-refractivity contribution is -0.117. The fraction of sp³-hybridized carbons (Fsp3) is 0.240. The molecule has 2 aromatic carbocycles. The van der Waals surface area contributed by atoms with E-state index in [4.69, 9.17) is 11.6 Å². The molecular formula is C25H25ClN4O2S. The van der Waals surface area contributed by atoms with Crippen molar-refractivity contribution in [2.75, 3.05) is 18.9 Å². The Kier molecular flexibility index (Phi) is 6.65. The summed E-state index contributed by atoms with van der Waals surface area (Å²) in [4.78, 5) is 35.5. The quantitative estimate of drug-likeness (QED) is 0.392. The second-order valence-electron chi connectivity index (χ2n) is 8.34. The minimum absolute atomic E-state index is 0.114. The predicted molar refractivity (Wildman–Crippen MR) is 136 cm³/mol. The molecule has 0 fully saturated rings. The van der Waals surface area contributed by atoms with Gasteiger partial charge in [0.1, 0.15) is 10.7 Å². The summed E-state index contributed by atoms with van der Waals surface area (Å²) in [6.45, 7) is 6.54. The summed E-state index contributed by atoms with van der Waals surface area (Å²) in [5, 5.41) is 6.15. The van der Waals surface area contributed by atoms with Gasteiger partial charge in [0.25, 0.3) is 5.56 Å². The van der Waals surface area contributed by atoms with E-state index in [-0.39, 0.29) is 18.0 Å². The van der Waals surface area contributed by atoms with E-state index in [1.807, 2.05) is 50.2 Å². The third kappa shape index (κ3) is 5.16. The third-order valence-corrected chi connectivity index (χ3v) is 6.55. The number of amides is 1. The molecule has 4 aromatic rings. The molecule has 4 rings (SSSR count). The number of carbonyl (C=O) groups excluding carboxylic acids is 1. The zero-order valence-electron chi connectivity index (χ0n) is 19.0. The van der Waals surface area contributed by atoms with E-state index in [0.29, 0.717) is 27.6 Å². The predicted octanol–water partition coefficient (Wildman–Crippen LogP) is 5.30. The smallest absolute Gasteiger partial charge is 0.260 e. The van der Waals surface area contributed by atoms with Gasteiger partial charge in [-0.15, -0.1) is 11.3 Å². The number of rotatable bonds is 6. The lowest BCUT2D eigenvalue weighted by atomic mass is 10.1. The van der Waals surface area contributed by atoms with Crippen molar-refractivity contribution < 1.29 is 4.79 Å². The van der Waals surface area contributed by atoms with Gasteiger partial charge in [0, 0.05) is 21.7 Å². The van der Waals surface area contributed by atoms with Gasteiger partial charge < -0.3 is 10.3 Å². The van der Waals surface area contributed by atoms with Crippen LogP contribution in [0.3, 0.4) is 0 Å². The van der Waals surface area contributed by atoms with Gasteiger partial charge in [0.2, 0.25) is 5.91 Å². The fourth-order valence-electron chi connectivity index (χ4n) is 4.02. The second-order valence-corrected chi connectivity index (χ2v) is 9.64. The van der Waals surface area contributed by atoms with Crippen LogP contribution in [-0.4, -0.2) is 34.4 Å². The summed E-state index contributed by atoms with van der Waals surface area (Å²) in [7, 11) is 1.83. The van der Waals surface area contributed by atoms with Crippen LogP contribution < -0.4 is 10.9 Å². The average molecular weight is 481 g/mol. The number of hydrogen-bond acceptors (Lipinski definition) is 5. The van der Waals surface area contributed by atoms with Gasteiger partial charge in [0.05, 0.1) is 18.5 Å². The number of nitrogens with zero attached hydrogens (tertiary/aromatic N) is 2. The Balaban J connectivity index is 1.48. The van der Waals surface area contributed by atoms with Crippen molar-refractivity contribution >= 4 is 44.7 Å². The second kappa shape index (κ2) is 9.47. The first-order valence-electron chi connectivity index (χ1n) is 10.5. The van der Waals surface area contributed by atoms with Crippen molar-refractivity contribution in [3.8, 4) is 11.1 Å². The van der Waals surface area contributed by atoms with Crippen LogP contribution in [0.1, 0.15) is 22.5 Å². The van der Waals surface area contributed by atoms with Crippen molar-refractivity contribution in [3.05, 3.63) is 79.7 Å². The molecule has 2 N–H and O–H groups in total. The average Bonchev–Trinajstić information content (AvgIpc) is 3.15. The Bertz CT molecular complexity index is 1370. The first kappa shape index (κ1) is 23.2. The lowest BCUT2D eigenvalue weighted by Gasteiger charge is -2.17. The Hall–Kier alpha value is -3.00. The molecule has 6 nitrogen and oxygen atoms in total. The number of aryl methyl sites for hydroxylation is 3. The van der Waals surface area contributed by atoms with Gasteiger partial charge in [-0.2, -0.15) is 0 Å². The largest absolute Gasteiger partial charge is 0.324 e. The fourth-order valence-corrected chi connectivity index (χ4v) is 5.12. The molecule has 0 bridgehead atoms. The van der Waals surface area contributed by atoms with Crippen molar-refractivity contribution in [3.63, 3.8) is 0 Å². The van der Waals surface area contributed by atoms with Crippen molar-refractivity contribution in [2.45, 2.75) is 27.3 Å². The molecule has 0 unspecified atom stereocenters. The van der Waals surface area contributed by atoms with Crippen LogP contribution in [0.15, 0.2) is 46.6 Å². The number of nitrogens with one attached hydrogen (secondary N) is 2. The molecule has 0 radical (unpaired) electrons. The Morgan fingerprint density at radius 1 is 1.15 bits per heavy atom. The van der Waals surface area contributed by atoms with Crippen LogP contribution in [0.5, 0.6) is 0 Å². The van der Waals surface area contributed by atoms with Crippen LogP contribution in [0.2, 0.25) is 5.02 Å². The maximum Gasteiger partial charge on any atom is 0.260 e. The molecule has 0 spiro atoms. The normalized spacial score (nSPS) is 11.3. The third-order valence-electron chi connectivity index (χ3n) is 5.42. The van der Waals surface area contributed by atoms with Crippen LogP contribution in [0.4, 0.5) is 5.69 Å². The number of fused-ring (bicyclic) bond motifs is 1.